The molecule has 0 aliphatic carbocycles. The van der Waals surface area contributed by atoms with Gasteiger partial charge in [0.05, 0.1) is 17.3 Å². The first-order chi connectivity index (χ1) is 7.15. The Balaban J connectivity index is 2.24. The molecule has 0 radical (unpaired) electrons. The fraction of sp³-hybridized carbons (Fsp3) is 0.200. The molecular formula is C10H9Cl2N3. The van der Waals surface area contributed by atoms with Gasteiger partial charge in [0, 0.05) is 18.0 Å². The number of hydrogen-bond acceptors (Lipinski definition) is 2. The highest BCUT2D eigenvalue weighted by molar-refractivity contribution is 6.34. The van der Waals surface area contributed by atoms with Crippen LogP contribution in [-0.2, 0) is 6.54 Å². The lowest BCUT2D eigenvalue weighted by molar-refractivity contribution is 0.678. The second kappa shape index (κ2) is 4.21. The zero-order valence-electron chi connectivity index (χ0n) is 8.11. The summed E-state index contributed by atoms with van der Waals surface area (Å²) in [5.74, 6) is 0. The number of nitrogens with zero attached hydrogens (tertiary/aromatic N) is 3. The van der Waals surface area contributed by atoms with Crippen molar-refractivity contribution in [3.8, 4) is 0 Å². The van der Waals surface area contributed by atoms with E-state index in [4.69, 9.17) is 23.2 Å². The van der Waals surface area contributed by atoms with Crippen molar-refractivity contribution in [2.75, 3.05) is 0 Å². The highest BCUT2D eigenvalue weighted by Crippen LogP contribution is 2.19. The lowest BCUT2D eigenvalue weighted by atomic mass is 10.3. The van der Waals surface area contributed by atoms with Crippen LogP contribution in [0.15, 0.2) is 24.5 Å². The van der Waals surface area contributed by atoms with E-state index in [9.17, 15) is 0 Å². The molecule has 0 saturated carbocycles. The quantitative estimate of drug-likeness (QED) is 0.758. The first kappa shape index (κ1) is 10.5. The van der Waals surface area contributed by atoms with Crippen molar-refractivity contribution < 1.29 is 0 Å². The number of aryl methyl sites for hydroxylation is 1. The average Bonchev–Trinajstić information content (AvgIpc) is 2.56. The third-order valence-corrected chi connectivity index (χ3v) is 2.56. The van der Waals surface area contributed by atoms with Gasteiger partial charge in [-0.1, -0.05) is 23.2 Å². The molecule has 0 aliphatic rings. The summed E-state index contributed by atoms with van der Waals surface area (Å²) in [5.41, 5.74) is 1.89. The molecular weight excluding hydrogens is 233 g/mol. The van der Waals surface area contributed by atoms with Crippen LogP contribution in [0.2, 0.25) is 10.2 Å². The molecule has 0 bridgehead atoms. The van der Waals surface area contributed by atoms with E-state index in [1.165, 1.54) is 0 Å². The number of pyridine rings is 1. The van der Waals surface area contributed by atoms with Gasteiger partial charge in [-0.2, -0.15) is 5.10 Å². The van der Waals surface area contributed by atoms with E-state index in [1.54, 1.807) is 12.3 Å². The van der Waals surface area contributed by atoms with Crippen LogP contribution in [0.4, 0.5) is 0 Å². The van der Waals surface area contributed by atoms with Crippen LogP contribution in [0.3, 0.4) is 0 Å². The monoisotopic (exact) mass is 241 g/mol. The summed E-state index contributed by atoms with van der Waals surface area (Å²) in [5, 5.41) is 5.28. The Hall–Kier alpha value is -1.06. The minimum atomic E-state index is 0.403. The van der Waals surface area contributed by atoms with Crippen molar-refractivity contribution in [2.24, 2.45) is 0 Å². The Morgan fingerprint density at radius 1 is 1.40 bits per heavy atom. The predicted octanol–water partition coefficient (Wildman–Crippen LogP) is 2.94. The molecule has 0 unspecified atom stereocenters. The highest BCUT2D eigenvalue weighted by atomic mass is 35.5. The molecule has 0 spiro atoms. The molecule has 0 N–H and O–H groups in total. The zero-order chi connectivity index (χ0) is 10.8. The molecule has 2 aromatic rings. The number of halogens is 2. The van der Waals surface area contributed by atoms with E-state index in [2.05, 4.69) is 10.1 Å². The van der Waals surface area contributed by atoms with Gasteiger partial charge in [-0.25, -0.2) is 4.98 Å². The van der Waals surface area contributed by atoms with Crippen LogP contribution >= 0.6 is 23.2 Å². The van der Waals surface area contributed by atoms with Gasteiger partial charge in [-0.3, -0.25) is 4.68 Å². The van der Waals surface area contributed by atoms with Crippen LogP contribution in [0, 0.1) is 6.92 Å². The molecule has 0 aliphatic heterocycles. The maximum atomic E-state index is 6.02. The molecule has 2 heterocycles. The molecule has 3 nitrogen and oxygen atoms in total. The molecule has 0 saturated heterocycles. The van der Waals surface area contributed by atoms with Gasteiger partial charge < -0.3 is 0 Å². The van der Waals surface area contributed by atoms with Gasteiger partial charge in [-0.15, -0.1) is 0 Å². The molecule has 78 valence electrons. The van der Waals surface area contributed by atoms with Gasteiger partial charge in [0.2, 0.25) is 0 Å². The fourth-order valence-corrected chi connectivity index (χ4v) is 1.70. The molecule has 0 aromatic carbocycles. The SMILES string of the molecule is Cc1ccn(Cc2cnc(Cl)cc2Cl)n1. The maximum Gasteiger partial charge on any atom is 0.130 e. The van der Waals surface area contributed by atoms with E-state index < -0.39 is 0 Å². The number of hydrogen-bond donors (Lipinski definition) is 0. The van der Waals surface area contributed by atoms with Crippen LogP contribution < -0.4 is 0 Å². The van der Waals surface area contributed by atoms with Gasteiger partial charge in [-0.05, 0) is 19.1 Å². The summed E-state index contributed by atoms with van der Waals surface area (Å²) in [6, 6.07) is 3.58. The summed E-state index contributed by atoms with van der Waals surface area (Å²) < 4.78 is 1.81. The largest absolute Gasteiger partial charge is 0.268 e. The third-order valence-electron chi connectivity index (χ3n) is 2.00. The number of rotatable bonds is 2. The molecule has 5 heteroatoms. The standard InChI is InChI=1S/C10H9Cl2N3/c1-7-2-3-15(14-7)6-8-5-13-10(12)4-9(8)11/h2-5H,6H2,1H3. The van der Waals surface area contributed by atoms with Gasteiger partial charge >= 0.3 is 0 Å². The molecule has 2 aromatic heterocycles. The van der Waals surface area contributed by atoms with Gasteiger partial charge in [0.25, 0.3) is 0 Å². The van der Waals surface area contributed by atoms with Crippen LogP contribution in [-0.4, -0.2) is 14.8 Å². The summed E-state index contributed by atoms with van der Waals surface area (Å²) in [6.07, 6.45) is 3.57. The first-order valence-electron chi connectivity index (χ1n) is 4.45. The minimum absolute atomic E-state index is 0.403. The maximum absolute atomic E-state index is 6.02. The molecule has 0 fully saturated rings. The molecule has 0 amide bonds. The first-order valence-corrected chi connectivity index (χ1v) is 5.21. The lowest BCUT2D eigenvalue weighted by Gasteiger charge is -2.04. The summed E-state index contributed by atoms with van der Waals surface area (Å²) >= 11 is 11.7. The highest BCUT2D eigenvalue weighted by Gasteiger charge is 2.03. The van der Waals surface area contributed by atoms with E-state index in [0.29, 0.717) is 16.7 Å². The Labute approximate surface area is 97.7 Å². The van der Waals surface area contributed by atoms with E-state index in [-0.39, 0.29) is 0 Å². The second-order valence-corrected chi connectivity index (χ2v) is 4.05. The van der Waals surface area contributed by atoms with Crippen molar-refractivity contribution in [2.45, 2.75) is 13.5 Å². The van der Waals surface area contributed by atoms with Crippen LogP contribution in [0.5, 0.6) is 0 Å². The van der Waals surface area contributed by atoms with Crippen molar-refractivity contribution in [1.29, 1.82) is 0 Å². The average molecular weight is 242 g/mol. The normalized spacial score (nSPS) is 10.6. The minimum Gasteiger partial charge on any atom is -0.268 e. The van der Waals surface area contributed by atoms with Crippen molar-refractivity contribution in [3.05, 3.63) is 46.0 Å². The van der Waals surface area contributed by atoms with Crippen LogP contribution in [0.25, 0.3) is 0 Å². The lowest BCUT2D eigenvalue weighted by Crippen LogP contribution is -2.01. The molecule has 2 rings (SSSR count). The summed E-state index contributed by atoms with van der Waals surface area (Å²) in [6.45, 7) is 2.55. The Morgan fingerprint density at radius 2 is 2.20 bits per heavy atom. The number of aromatic nitrogens is 3. The Morgan fingerprint density at radius 3 is 2.80 bits per heavy atom. The fourth-order valence-electron chi connectivity index (χ4n) is 1.28. The smallest absolute Gasteiger partial charge is 0.130 e. The summed E-state index contributed by atoms with van der Waals surface area (Å²) in [7, 11) is 0. The van der Waals surface area contributed by atoms with E-state index >= 15 is 0 Å². The van der Waals surface area contributed by atoms with Crippen molar-refractivity contribution >= 4 is 23.2 Å². The van der Waals surface area contributed by atoms with E-state index in [0.717, 1.165) is 11.3 Å². The van der Waals surface area contributed by atoms with Crippen molar-refractivity contribution in [3.63, 3.8) is 0 Å². The molecule has 0 atom stereocenters. The molecule has 15 heavy (non-hydrogen) atoms. The Bertz CT molecular complexity index is 479. The van der Waals surface area contributed by atoms with Crippen molar-refractivity contribution in [1.82, 2.24) is 14.8 Å². The van der Waals surface area contributed by atoms with Crippen LogP contribution in [0.1, 0.15) is 11.3 Å². The summed E-state index contributed by atoms with van der Waals surface area (Å²) in [4.78, 5) is 3.98. The van der Waals surface area contributed by atoms with E-state index in [1.807, 2.05) is 23.9 Å². The zero-order valence-corrected chi connectivity index (χ0v) is 9.63. The topological polar surface area (TPSA) is 30.7 Å². The second-order valence-electron chi connectivity index (χ2n) is 3.25. The van der Waals surface area contributed by atoms with Gasteiger partial charge in [0.1, 0.15) is 5.15 Å². The Kier molecular flexibility index (Phi) is 2.93. The van der Waals surface area contributed by atoms with Gasteiger partial charge in [0.15, 0.2) is 0 Å². The predicted molar refractivity (Wildman–Crippen MR) is 60.3 cm³/mol. The third kappa shape index (κ3) is 2.49.